The molecular formula is C13H25N3O4. The molecule has 5 unspecified atom stereocenters. The second-order valence-corrected chi connectivity index (χ2v) is 5.38. The SMILES string of the molecule is CC(=N)N=CN(C)C(O)C(O)C(O)C(C)CC1CCO1. The Hall–Kier alpha value is -1.02. The molecule has 7 nitrogen and oxygen atoms in total. The van der Waals surface area contributed by atoms with Crippen LogP contribution in [0.25, 0.3) is 0 Å². The maximum atomic E-state index is 10.1. The third kappa shape index (κ3) is 4.82. The Morgan fingerprint density at radius 2 is 2.05 bits per heavy atom. The topological polar surface area (TPSA) is 109 Å². The van der Waals surface area contributed by atoms with Gasteiger partial charge in [-0.3, -0.25) is 5.41 Å². The van der Waals surface area contributed by atoms with Gasteiger partial charge in [-0.2, -0.15) is 0 Å². The Morgan fingerprint density at radius 1 is 1.45 bits per heavy atom. The standard InChI is InChI=1S/C13H25N3O4/c1-8(6-10-4-5-20-10)11(17)12(18)13(19)16(3)7-15-9(2)14/h7-8,10-14,17-19H,4-6H2,1-3H3. The molecule has 0 saturated carbocycles. The van der Waals surface area contributed by atoms with Crippen molar-refractivity contribution in [2.45, 2.75) is 51.2 Å². The first-order valence-corrected chi connectivity index (χ1v) is 6.80. The third-order valence-corrected chi connectivity index (χ3v) is 3.52. The van der Waals surface area contributed by atoms with Gasteiger partial charge in [-0.1, -0.05) is 6.92 Å². The minimum absolute atomic E-state index is 0.0922. The monoisotopic (exact) mass is 287 g/mol. The van der Waals surface area contributed by atoms with Gasteiger partial charge in [-0.05, 0) is 25.7 Å². The molecule has 5 atom stereocenters. The molecule has 7 heteroatoms. The highest BCUT2D eigenvalue weighted by Gasteiger charge is 2.33. The zero-order chi connectivity index (χ0) is 15.3. The van der Waals surface area contributed by atoms with Crippen molar-refractivity contribution >= 4 is 12.2 Å². The molecule has 1 aliphatic rings. The first-order valence-electron chi connectivity index (χ1n) is 6.80. The van der Waals surface area contributed by atoms with Gasteiger partial charge >= 0.3 is 0 Å². The zero-order valence-electron chi connectivity index (χ0n) is 12.2. The van der Waals surface area contributed by atoms with Crippen molar-refractivity contribution in [3.05, 3.63) is 0 Å². The van der Waals surface area contributed by atoms with Crippen molar-refractivity contribution in [3.63, 3.8) is 0 Å². The first kappa shape index (κ1) is 17.0. The van der Waals surface area contributed by atoms with Crippen LogP contribution in [0.1, 0.15) is 26.7 Å². The molecule has 0 bridgehead atoms. The molecule has 1 saturated heterocycles. The molecule has 1 fully saturated rings. The van der Waals surface area contributed by atoms with Crippen molar-refractivity contribution in [1.29, 1.82) is 5.41 Å². The molecule has 0 aromatic heterocycles. The van der Waals surface area contributed by atoms with Crippen molar-refractivity contribution < 1.29 is 20.1 Å². The third-order valence-electron chi connectivity index (χ3n) is 3.52. The highest BCUT2D eigenvalue weighted by atomic mass is 16.5. The first-order chi connectivity index (χ1) is 9.32. The summed E-state index contributed by atoms with van der Waals surface area (Å²) in [5.41, 5.74) is 0. The second kappa shape index (κ2) is 7.68. The number of likely N-dealkylation sites (N-methyl/N-ethyl adjacent to an activating group) is 1. The van der Waals surface area contributed by atoms with Crippen LogP contribution in [0.5, 0.6) is 0 Å². The Labute approximate surface area is 119 Å². The quantitative estimate of drug-likeness (QED) is 0.294. The number of aliphatic imine (C=N–C) groups is 1. The van der Waals surface area contributed by atoms with Crippen LogP contribution >= 0.6 is 0 Å². The number of rotatable bonds is 7. The number of aliphatic hydroxyl groups is 3. The lowest BCUT2D eigenvalue weighted by atomic mass is 9.91. The molecule has 0 radical (unpaired) electrons. The maximum absolute atomic E-state index is 10.1. The van der Waals surface area contributed by atoms with E-state index in [0.717, 1.165) is 13.0 Å². The van der Waals surface area contributed by atoms with E-state index in [4.69, 9.17) is 10.1 Å². The fraction of sp³-hybridized carbons (Fsp3) is 0.846. The molecule has 0 aromatic carbocycles. The van der Waals surface area contributed by atoms with E-state index in [2.05, 4.69) is 4.99 Å². The highest BCUT2D eigenvalue weighted by molar-refractivity contribution is 5.84. The van der Waals surface area contributed by atoms with Crippen LogP contribution in [-0.4, -0.2) is 70.6 Å². The fourth-order valence-electron chi connectivity index (χ4n) is 2.02. The van der Waals surface area contributed by atoms with Crippen LogP contribution in [0.15, 0.2) is 4.99 Å². The van der Waals surface area contributed by atoms with Crippen molar-refractivity contribution in [2.75, 3.05) is 13.7 Å². The molecule has 0 amide bonds. The Kier molecular flexibility index (Phi) is 6.54. The number of amidine groups is 1. The fourth-order valence-corrected chi connectivity index (χ4v) is 2.02. The molecule has 20 heavy (non-hydrogen) atoms. The number of hydrogen-bond donors (Lipinski definition) is 4. The number of aliphatic hydroxyl groups excluding tert-OH is 3. The van der Waals surface area contributed by atoms with Crippen molar-refractivity contribution in [3.8, 4) is 0 Å². The van der Waals surface area contributed by atoms with E-state index in [1.165, 1.54) is 25.2 Å². The Morgan fingerprint density at radius 3 is 2.50 bits per heavy atom. The Bertz CT molecular complexity index is 347. The van der Waals surface area contributed by atoms with Crippen LogP contribution in [0.4, 0.5) is 0 Å². The van der Waals surface area contributed by atoms with Crippen LogP contribution in [0.2, 0.25) is 0 Å². The van der Waals surface area contributed by atoms with E-state index in [9.17, 15) is 15.3 Å². The van der Waals surface area contributed by atoms with E-state index in [-0.39, 0.29) is 17.9 Å². The van der Waals surface area contributed by atoms with E-state index in [1.54, 1.807) is 0 Å². The smallest absolute Gasteiger partial charge is 0.156 e. The summed E-state index contributed by atoms with van der Waals surface area (Å²) in [6.45, 7) is 4.07. The lowest BCUT2D eigenvalue weighted by Gasteiger charge is -2.34. The summed E-state index contributed by atoms with van der Waals surface area (Å²) in [6, 6.07) is 0. The van der Waals surface area contributed by atoms with Gasteiger partial charge < -0.3 is 25.0 Å². The normalized spacial score (nSPS) is 24.8. The molecule has 4 N–H and O–H groups in total. The van der Waals surface area contributed by atoms with Gasteiger partial charge in [0.15, 0.2) is 6.23 Å². The summed E-state index contributed by atoms with van der Waals surface area (Å²) in [4.78, 5) is 4.98. The van der Waals surface area contributed by atoms with E-state index >= 15 is 0 Å². The average Bonchev–Trinajstić information content (AvgIpc) is 2.37. The highest BCUT2D eigenvalue weighted by Crippen LogP contribution is 2.23. The van der Waals surface area contributed by atoms with Gasteiger partial charge in [0.25, 0.3) is 0 Å². The number of ether oxygens (including phenoxy) is 1. The molecule has 1 rings (SSSR count). The van der Waals surface area contributed by atoms with Crippen molar-refractivity contribution in [1.82, 2.24) is 4.90 Å². The second-order valence-electron chi connectivity index (χ2n) is 5.38. The molecule has 0 aliphatic carbocycles. The Balaban J connectivity index is 2.48. The molecule has 116 valence electrons. The van der Waals surface area contributed by atoms with Gasteiger partial charge in [0.05, 0.1) is 18.5 Å². The predicted molar refractivity (Wildman–Crippen MR) is 75.8 cm³/mol. The summed E-state index contributed by atoms with van der Waals surface area (Å²) >= 11 is 0. The van der Waals surface area contributed by atoms with E-state index in [1.807, 2.05) is 6.92 Å². The molecule has 1 aliphatic heterocycles. The van der Waals surface area contributed by atoms with Gasteiger partial charge in [0, 0.05) is 13.7 Å². The number of hydrogen-bond acceptors (Lipinski definition) is 5. The van der Waals surface area contributed by atoms with Crippen LogP contribution in [-0.2, 0) is 4.74 Å². The molecule has 1 heterocycles. The van der Waals surface area contributed by atoms with Crippen molar-refractivity contribution in [2.24, 2.45) is 10.9 Å². The number of nitrogens with zero attached hydrogens (tertiary/aromatic N) is 2. The van der Waals surface area contributed by atoms with E-state index < -0.39 is 18.4 Å². The summed E-state index contributed by atoms with van der Waals surface area (Å²) in [5, 5.41) is 37.2. The van der Waals surface area contributed by atoms with Gasteiger partial charge in [0.1, 0.15) is 11.9 Å². The van der Waals surface area contributed by atoms with Gasteiger partial charge in [-0.25, -0.2) is 4.99 Å². The molecular weight excluding hydrogens is 262 g/mol. The number of nitrogens with one attached hydrogen (secondary N) is 1. The molecule has 0 aromatic rings. The lowest BCUT2D eigenvalue weighted by molar-refractivity contribution is -0.126. The average molecular weight is 287 g/mol. The summed E-state index contributed by atoms with van der Waals surface area (Å²) in [5.74, 6) is -0.0886. The maximum Gasteiger partial charge on any atom is 0.156 e. The lowest BCUT2D eigenvalue weighted by Crippen LogP contribution is -2.49. The minimum Gasteiger partial charge on any atom is -0.390 e. The molecule has 0 spiro atoms. The van der Waals surface area contributed by atoms with Crippen LogP contribution in [0, 0.1) is 11.3 Å². The van der Waals surface area contributed by atoms with Gasteiger partial charge in [0.2, 0.25) is 0 Å². The van der Waals surface area contributed by atoms with E-state index in [0.29, 0.717) is 6.42 Å². The predicted octanol–water partition coefficient (Wildman–Crippen LogP) is -0.201. The zero-order valence-corrected chi connectivity index (χ0v) is 12.2. The summed E-state index contributed by atoms with van der Waals surface area (Å²) < 4.78 is 5.29. The summed E-state index contributed by atoms with van der Waals surface area (Å²) in [7, 11) is 1.52. The minimum atomic E-state index is -1.31. The van der Waals surface area contributed by atoms with Crippen LogP contribution < -0.4 is 0 Å². The van der Waals surface area contributed by atoms with Gasteiger partial charge in [-0.15, -0.1) is 0 Å². The largest absolute Gasteiger partial charge is 0.390 e. The summed E-state index contributed by atoms with van der Waals surface area (Å²) in [6.07, 6.45) is -0.619. The van der Waals surface area contributed by atoms with Crippen LogP contribution in [0.3, 0.4) is 0 Å².